The first-order chi connectivity index (χ1) is 6.07. The molecule has 74 valence electrons. The van der Waals surface area contributed by atoms with Crippen molar-refractivity contribution < 1.29 is 20.1 Å². The number of hydrogen-bond donors (Lipinski definition) is 3. The summed E-state index contributed by atoms with van der Waals surface area (Å²) < 4.78 is 4.92. The lowest BCUT2D eigenvalue weighted by molar-refractivity contribution is -0.0566. The zero-order chi connectivity index (χ0) is 10.0. The smallest absolute Gasteiger partial charge is 0.165 e. The Morgan fingerprint density at radius 1 is 1.46 bits per heavy atom. The summed E-state index contributed by atoms with van der Waals surface area (Å²) in [5.41, 5.74) is 8.08. The summed E-state index contributed by atoms with van der Waals surface area (Å²) in [6.07, 6.45) is -5.47. The average Bonchev–Trinajstić information content (AvgIpc) is 2.33. The minimum absolute atomic E-state index is 0.912. The fraction of sp³-hybridized carbons (Fsp3) is 1.00. The van der Waals surface area contributed by atoms with Gasteiger partial charge in [-0.2, -0.15) is 0 Å². The highest BCUT2D eigenvalue weighted by Crippen LogP contribution is 2.24. The molecule has 0 radical (unpaired) electrons. The van der Waals surface area contributed by atoms with Crippen LogP contribution in [0, 0.1) is 0 Å². The van der Waals surface area contributed by atoms with E-state index < -0.39 is 30.6 Å². The first-order valence-corrected chi connectivity index (χ1v) is 3.81. The molecule has 3 N–H and O–H groups in total. The Morgan fingerprint density at radius 2 is 2.08 bits per heavy atom. The van der Waals surface area contributed by atoms with E-state index in [0.717, 1.165) is 0 Å². The average molecular weight is 189 g/mol. The summed E-state index contributed by atoms with van der Waals surface area (Å²) in [6.45, 7) is 1.42. The largest absolute Gasteiger partial charge is 0.391 e. The van der Waals surface area contributed by atoms with Gasteiger partial charge in [-0.15, -0.1) is 0 Å². The van der Waals surface area contributed by atoms with Crippen LogP contribution >= 0.6 is 0 Å². The molecule has 0 amide bonds. The maximum atomic E-state index is 9.31. The van der Waals surface area contributed by atoms with Crippen molar-refractivity contribution in [2.45, 2.75) is 37.6 Å². The van der Waals surface area contributed by atoms with Crippen molar-refractivity contribution in [3.8, 4) is 0 Å². The van der Waals surface area contributed by atoms with Crippen molar-refractivity contribution in [2.75, 3.05) is 0 Å². The van der Waals surface area contributed by atoms with Gasteiger partial charge in [0.05, 0.1) is 6.10 Å². The number of nitrogens with zero attached hydrogens (tertiary/aromatic N) is 3. The van der Waals surface area contributed by atoms with E-state index in [-0.39, 0.29) is 0 Å². The SMILES string of the molecule is C[C@H](O)[C@H]1O[C@H](N=[N+]=[N-])[C@@H](O)[C@@H]1O. The van der Waals surface area contributed by atoms with E-state index in [9.17, 15) is 10.2 Å². The van der Waals surface area contributed by atoms with Crippen molar-refractivity contribution in [1.82, 2.24) is 0 Å². The highest BCUT2D eigenvalue weighted by molar-refractivity contribution is 4.91. The molecule has 1 rings (SSSR count). The monoisotopic (exact) mass is 189 g/mol. The van der Waals surface area contributed by atoms with Crippen LogP contribution in [0.15, 0.2) is 5.11 Å². The highest BCUT2D eigenvalue weighted by Gasteiger charge is 2.44. The fourth-order valence-corrected chi connectivity index (χ4v) is 1.23. The van der Waals surface area contributed by atoms with Gasteiger partial charge in [-0.3, -0.25) is 0 Å². The lowest BCUT2D eigenvalue weighted by atomic mass is 10.1. The van der Waals surface area contributed by atoms with E-state index in [4.69, 9.17) is 15.4 Å². The van der Waals surface area contributed by atoms with Crippen LogP contribution < -0.4 is 0 Å². The van der Waals surface area contributed by atoms with Crippen LogP contribution in [0.1, 0.15) is 6.92 Å². The van der Waals surface area contributed by atoms with Crippen LogP contribution in [0.25, 0.3) is 10.4 Å². The molecule has 13 heavy (non-hydrogen) atoms. The van der Waals surface area contributed by atoms with Gasteiger partial charge in [-0.1, -0.05) is 5.11 Å². The first kappa shape index (κ1) is 10.2. The van der Waals surface area contributed by atoms with Crippen molar-refractivity contribution in [2.24, 2.45) is 5.11 Å². The van der Waals surface area contributed by atoms with Gasteiger partial charge >= 0.3 is 0 Å². The number of ether oxygens (including phenoxy) is 1. The van der Waals surface area contributed by atoms with Crippen molar-refractivity contribution >= 4 is 0 Å². The predicted molar refractivity (Wildman–Crippen MR) is 41.5 cm³/mol. The van der Waals surface area contributed by atoms with E-state index in [1.54, 1.807) is 0 Å². The second kappa shape index (κ2) is 3.91. The molecule has 0 aromatic carbocycles. The summed E-state index contributed by atoms with van der Waals surface area (Å²) in [6, 6.07) is 0. The predicted octanol–water partition coefficient (Wildman–Crippen LogP) is -0.876. The third-order valence-electron chi connectivity index (χ3n) is 1.92. The Bertz CT molecular complexity index is 228. The van der Waals surface area contributed by atoms with Crippen LogP contribution in [-0.4, -0.2) is 46.0 Å². The molecule has 1 aliphatic heterocycles. The third-order valence-corrected chi connectivity index (χ3v) is 1.92. The maximum Gasteiger partial charge on any atom is 0.165 e. The van der Waals surface area contributed by atoms with Gasteiger partial charge in [0.25, 0.3) is 0 Å². The normalized spacial score (nSPS) is 41.2. The van der Waals surface area contributed by atoms with Crippen molar-refractivity contribution in [3.05, 3.63) is 10.4 Å². The Morgan fingerprint density at radius 3 is 2.46 bits per heavy atom. The number of aliphatic hydroxyl groups is 3. The van der Waals surface area contributed by atoms with Crippen LogP contribution in [0.4, 0.5) is 0 Å². The molecule has 1 heterocycles. The van der Waals surface area contributed by atoms with Gasteiger partial charge in [0.15, 0.2) is 6.23 Å². The van der Waals surface area contributed by atoms with Gasteiger partial charge in [-0.05, 0) is 12.5 Å². The minimum Gasteiger partial charge on any atom is -0.391 e. The maximum absolute atomic E-state index is 9.31. The fourth-order valence-electron chi connectivity index (χ4n) is 1.23. The summed E-state index contributed by atoms with van der Waals surface area (Å²) in [7, 11) is 0. The van der Waals surface area contributed by atoms with E-state index in [1.807, 2.05) is 0 Å². The molecule has 0 aliphatic carbocycles. The Labute approximate surface area is 74.2 Å². The zero-order valence-corrected chi connectivity index (χ0v) is 6.98. The molecule has 7 heteroatoms. The Hall–Kier alpha value is -0.850. The molecule has 0 aromatic rings. The standard InChI is InChI=1S/C6H11N3O4/c1-2(10)5-3(11)4(12)6(13-5)8-9-7/h2-6,10-12H,1H3/t2-,3-,4-,5+,6-/m0/s1. The molecule has 0 aromatic heterocycles. The lowest BCUT2D eigenvalue weighted by Crippen LogP contribution is -2.37. The number of hydrogen-bond acceptors (Lipinski definition) is 5. The number of aliphatic hydroxyl groups excluding tert-OH is 3. The summed E-state index contributed by atoms with van der Waals surface area (Å²) in [4.78, 5) is 2.44. The molecule has 1 fully saturated rings. The molecule has 0 unspecified atom stereocenters. The van der Waals surface area contributed by atoms with E-state index >= 15 is 0 Å². The van der Waals surface area contributed by atoms with Gasteiger partial charge in [-0.25, -0.2) is 0 Å². The van der Waals surface area contributed by atoms with Gasteiger partial charge in [0.1, 0.15) is 18.3 Å². The highest BCUT2D eigenvalue weighted by atomic mass is 16.6. The minimum atomic E-state index is -1.28. The van der Waals surface area contributed by atoms with E-state index in [1.165, 1.54) is 6.92 Å². The molecule has 0 spiro atoms. The van der Waals surface area contributed by atoms with Gasteiger partial charge in [0.2, 0.25) is 0 Å². The molecule has 1 aliphatic rings. The molecule has 5 atom stereocenters. The third kappa shape index (κ3) is 1.90. The van der Waals surface area contributed by atoms with Gasteiger partial charge < -0.3 is 20.1 Å². The van der Waals surface area contributed by atoms with E-state index in [2.05, 4.69) is 10.0 Å². The molecular weight excluding hydrogens is 178 g/mol. The zero-order valence-electron chi connectivity index (χ0n) is 6.98. The Balaban J connectivity index is 2.71. The number of rotatable bonds is 2. The van der Waals surface area contributed by atoms with Crippen LogP contribution in [0.3, 0.4) is 0 Å². The molecule has 0 bridgehead atoms. The summed E-state index contributed by atoms with van der Waals surface area (Å²) in [5, 5.41) is 30.8. The van der Waals surface area contributed by atoms with E-state index in [0.29, 0.717) is 0 Å². The van der Waals surface area contributed by atoms with Crippen LogP contribution in [0.5, 0.6) is 0 Å². The number of azide groups is 1. The summed E-state index contributed by atoms with van der Waals surface area (Å²) >= 11 is 0. The van der Waals surface area contributed by atoms with Gasteiger partial charge in [0, 0.05) is 4.91 Å². The Kier molecular flexibility index (Phi) is 3.07. The quantitative estimate of drug-likeness (QED) is 0.297. The topological polar surface area (TPSA) is 119 Å². The first-order valence-electron chi connectivity index (χ1n) is 3.81. The molecule has 7 nitrogen and oxygen atoms in total. The molecular formula is C6H11N3O4. The molecule has 0 saturated carbocycles. The van der Waals surface area contributed by atoms with Crippen LogP contribution in [0.2, 0.25) is 0 Å². The lowest BCUT2D eigenvalue weighted by Gasteiger charge is -2.16. The van der Waals surface area contributed by atoms with Crippen LogP contribution in [-0.2, 0) is 4.74 Å². The van der Waals surface area contributed by atoms with Crippen molar-refractivity contribution in [3.63, 3.8) is 0 Å². The second-order valence-electron chi connectivity index (χ2n) is 2.92. The molecule has 1 saturated heterocycles. The van der Waals surface area contributed by atoms with Crippen molar-refractivity contribution in [1.29, 1.82) is 0 Å². The second-order valence-corrected chi connectivity index (χ2v) is 2.92. The summed E-state index contributed by atoms with van der Waals surface area (Å²) in [5.74, 6) is 0.